The molecule has 0 aliphatic carbocycles. The zero-order chi connectivity index (χ0) is 59.4. The molecule has 1 fully saturated rings. The van der Waals surface area contributed by atoms with Crippen LogP contribution in [0.2, 0.25) is 0 Å². The van der Waals surface area contributed by atoms with Gasteiger partial charge in [-0.15, -0.1) is 0 Å². The van der Waals surface area contributed by atoms with Crippen LogP contribution in [0.5, 0.6) is 11.5 Å². The number of unbranched alkanes of at least 4 members (excludes halogenated alkanes) is 1. The molecule has 0 saturated carbocycles. The maximum atomic E-state index is 13.6. The standard InChI is InChI=1S/C53H83N13O15/c1-3-44(68)56-18-19-59-53(79)62-52(54)58-17-7-10-43(51(78)60-33-39-11-13-41(67)14-12-39)61-50(77)38(2)40-8-6-9-42(32-40)81-29-5-4-16-55-45(69)15-30-80-31-20-57-46(70)34-63-21-23-64(35-47(71)72)25-27-66(37-49(75)76)28-26-65(24-22-63)36-48(73)74/h6,8-9,11-14,32,38,43,67H,3-5,7,10,15-31,33-37H2,1-2H3,(H,55,69)(H,56,68)(H,57,70)(H,60,78)(H,61,77)(H,71,72)(H,73,74)(H,75,76)(H4,54,58,59,62,79)/t38?,43-/m1/s1. The van der Waals surface area contributed by atoms with Gasteiger partial charge in [-0.2, -0.15) is 0 Å². The molecule has 2 atom stereocenters. The van der Waals surface area contributed by atoms with Gasteiger partial charge in [0.25, 0.3) is 0 Å². The van der Waals surface area contributed by atoms with Gasteiger partial charge < -0.3 is 67.5 Å². The number of carbonyl (C=O) groups excluding carboxylic acids is 6. The lowest BCUT2D eigenvalue weighted by molar-refractivity contribution is -0.140. The summed E-state index contributed by atoms with van der Waals surface area (Å²) in [6.07, 6.45) is 2.16. The van der Waals surface area contributed by atoms with E-state index in [2.05, 4.69) is 42.2 Å². The van der Waals surface area contributed by atoms with E-state index in [4.69, 9.17) is 15.2 Å². The number of aliphatic carboxylic acids is 3. The van der Waals surface area contributed by atoms with Crippen molar-refractivity contribution in [1.82, 2.24) is 56.8 Å². The van der Waals surface area contributed by atoms with Crippen molar-refractivity contribution in [3.05, 3.63) is 59.7 Å². The van der Waals surface area contributed by atoms with E-state index in [1.165, 1.54) is 12.1 Å². The normalized spacial score (nSPS) is 14.9. The van der Waals surface area contributed by atoms with Gasteiger partial charge in [0.15, 0.2) is 5.96 Å². The molecular weight excluding hydrogens is 1060 g/mol. The Labute approximate surface area is 471 Å². The van der Waals surface area contributed by atoms with E-state index in [1.807, 2.05) is 4.90 Å². The summed E-state index contributed by atoms with van der Waals surface area (Å²) in [7, 11) is 0. The van der Waals surface area contributed by atoms with E-state index in [-0.39, 0.29) is 154 Å². The molecule has 2 aromatic carbocycles. The summed E-state index contributed by atoms with van der Waals surface area (Å²) in [5, 5.41) is 56.8. The van der Waals surface area contributed by atoms with Gasteiger partial charge in [0.05, 0.1) is 51.9 Å². The molecule has 28 heteroatoms. The molecule has 1 aliphatic heterocycles. The number of aromatic hydroxyl groups is 1. The minimum Gasteiger partial charge on any atom is -0.508 e. The van der Waals surface area contributed by atoms with Gasteiger partial charge in [-0.25, -0.2) is 4.79 Å². The van der Waals surface area contributed by atoms with E-state index in [0.29, 0.717) is 63.2 Å². The maximum absolute atomic E-state index is 13.6. The summed E-state index contributed by atoms with van der Waals surface area (Å²) in [6.45, 7) is 6.70. The van der Waals surface area contributed by atoms with Crippen LogP contribution in [0.4, 0.5) is 4.79 Å². The average Bonchev–Trinajstić information content (AvgIpc) is 3.43. The molecule has 3 rings (SSSR count). The van der Waals surface area contributed by atoms with Crippen molar-refractivity contribution >= 4 is 59.4 Å². The lowest BCUT2D eigenvalue weighted by Crippen LogP contribution is -2.50. The first-order valence-electron chi connectivity index (χ1n) is 27.2. The molecule has 1 saturated heterocycles. The Morgan fingerprint density at radius 1 is 0.630 bits per heavy atom. The number of ether oxygens (including phenoxy) is 2. The van der Waals surface area contributed by atoms with Crippen LogP contribution in [-0.2, 0) is 49.6 Å². The van der Waals surface area contributed by atoms with Crippen molar-refractivity contribution in [2.24, 2.45) is 10.7 Å². The van der Waals surface area contributed by atoms with Crippen molar-refractivity contribution in [2.45, 2.75) is 70.9 Å². The summed E-state index contributed by atoms with van der Waals surface area (Å²) < 4.78 is 11.5. The minimum atomic E-state index is -1.05. The summed E-state index contributed by atoms with van der Waals surface area (Å²) in [5.41, 5.74) is 7.25. The third-order valence-electron chi connectivity index (χ3n) is 12.6. The number of urea groups is 1. The quantitative estimate of drug-likeness (QED) is 0.0215. The molecule has 0 spiro atoms. The smallest absolute Gasteiger partial charge is 0.321 e. The molecule has 1 unspecified atom stereocenters. The number of nitrogens with zero attached hydrogens (tertiary/aromatic N) is 5. The SMILES string of the molecule is CCC(=O)NCCNC(=O)NC(N)=NCCC[C@@H](NC(=O)C(C)c1cccc(OCCCCNC(=O)CCOCCNC(=O)CN2CCN(CC(=O)O)CCN(CC(=O)O)CCN(CC(=O)O)CC2)c1)C(=O)NCc1ccc(O)cc1. The van der Waals surface area contributed by atoms with Crippen LogP contribution < -0.4 is 47.7 Å². The number of carboxylic acid groups (broad SMARTS) is 3. The predicted octanol–water partition coefficient (Wildman–Crippen LogP) is -1.51. The molecule has 81 heavy (non-hydrogen) atoms. The fourth-order valence-electron chi connectivity index (χ4n) is 8.02. The van der Waals surface area contributed by atoms with Crippen molar-refractivity contribution in [1.29, 1.82) is 0 Å². The average molecular weight is 1140 g/mol. The molecule has 7 amide bonds. The number of nitrogens with two attached hydrogens (primary N) is 1. The Hall–Kier alpha value is -7.66. The lowest BCUT2D eigenvalue weighted by atomic mass is 9.99. The molecular formula is C53H83N13O15. The molecule has 13 N–H and O–H groups in total. The predicted molar refractivity (Wildman–Crippen MR) is 297 cm³/mol. The van der Waals surface area contributed by atoms with Crippen LogP contribution >= 0.6 is 0 Å². The third kappa shape index (κ3) is 31.1. The Bertz CT molecular complexity index is 2310. The molecule has 0 radical (unpaired) electrons. The molecule has 28 nitrogen and oxygen atoms in total. The number of amides is 7. The molecule has 450 valence electrons. The first-order chi connectivity index (χ1) is 38.8. The van der Waals surface area contributed by atoms with Gasteiger partial charge in [-0.1, -0.05) is 31.2 Å². The molecule has 2 aromatic rings. The number of guanidine groups is 1. The summed E-state index contributed by atoms with van der Waals surface area (Å²) in [6, 6.07) is 11.8. The molecule has 0 aromatic heterocycles. The first-order valence-corrected chi connectivity index (χ1v) is 27.2. The van der Waals surface area contributed by atoms with E-state index in [1.54, 1.807) is 64.9 Å². The highest BCUT2D eigenvalue weighted by atomic mass is 16.5. The van der Waals surface area contributed by atoms with Crippen molar-refractivity contribution in [3.63, 3.8) is 0 Å². The largest absolute Gasteiger partial charge is 0.508 e. The van der Waals surface area contributed by atoms with Gasteiger partial charge in [-0.3, -0.25) is 68.3 Å². The van der Waals surface area contributed by atoms with Crippen LogP contribution in [0.3, 0.4) is 0 Å². The van der Waals surface area contributed by atoms with Crippen LogP contribution in [0.25, 0.3) is 0 Å². The van der Waals surface area contributed by atoms with E-state index < -0.39 is 47.7 Å². The number of nitrogens with one attached hydrogen (secondary N) is 7. The second-order valence-corrected chi connectivity index (χ2v) is 19.1. The van der Waals surface area contributed by atoms with Crippen LogP contribution in [-0.4, -0.2) is 237 Å². The summed E-state index contributed by atoms with van der Waals surface area (Å²) in [4.78, 5) is 122. The first kappa shape index (κ1) is 67.6. The van der Waals surface area contributed by atoms with Gasteiger partial charge in [0.1, 0.15) is 17.5 Å². The zero-order valence-electron chi connectivity index (χ0n) is 46.5. The van der Waals surface area contributed by atoms with Crippen molar-refractivity contribution < 1.29 is 73.1 Å². The Balaban J connectivity index is 1.38. The van der Waals surface area contributed by atoms with E-state index in [9.17, 15) is 63.6 Å². The molecule has 1 aliphatic rings. The number of hydrogen-bond acceptors (Lipinski definition) is 17. The number of carbonyl (C=O) groups is 9. The number of hydrogen-bond donors (Lipinski definition) is 12. The van der Waals surface area contributed by atoms with Crippen molar-refractivity contribution in [2.75, 3.05) is 131 Å². The van der Waals surface area contributed by atoms with Crippen LogP contribution in [0.15, 0.2) is 53.5 Å². The maximum Gasteiger partial charge on any atom is 0.321 e. The van der Waals surface area contributed by atoms with Gasteiger partial charge in [-0.05, 0) is 68.0 Å². The highest BCUT2D eigenvalue weighted by Gasteiger charge is 2.25. The van der Waals surface area contributed by atoms with Crippen molar-refractivity contribution in [3.8, 4) is 11.5 Å². The molecule has 1 heterocycles. The van der Waals surface area contributed by atoms with E-state index in [0.717, 1.165) is 5.56 Å². The fourth-order valence-corrected chi connectivity index (χ4v) is 8.02. The highest BCUT2D eigenvalue weighted by Crippen LogP contribution is 2.22. The topological polar surface area (TPSA) is 389 Å². The highest BCUT2D eigenvalue weighted by molar-refractivity contribution is 5.95. The summed E-state index contributed by atoms with van der Waals surface area (Å²) >= 11 is 0. The van der Waals surface area contributed by atoms with Gasteiger partial charge in [0.2, 0.25) is 29.5 Å². The number of phenolic OH excluding ortho intramolecular Hbond substituents is 1. The fraction of sp³-hybridized carbons (Fsp3) is 0.585. The summed E-state index contributed by atoms with van der Waals surface area (Å²) in [5.74, 6) is -4.87. The second-order valence-electron chi connectivity index (χ2n) is 19.1. The number of benzene rings is 2. The number of phenols is 1. The van der Waals surface area contributed by atoms with E-state index >= 15 is 0 Å². The minimum absolute atomic E-state index is 0.0349. The number of rotatable bonds is 34. The van der Waals surface area contributed by atoms with Crippen LogP contribution in [0, 0.1) is 0 Å². The Morgan fingerprint density at radius 3 is 1.79 bits per heavy atom. The third-order valence-corrected chi connectivity index (χ3v) is 12.6. The zero-order valence-corrected chi connectivity index (χ0v) is 46.5. The second kappa shape index (κ2) is 38.9. The van der Waals surface area contributed by atoms with Gasteiger partial charge >= 0.3 is 23.9 Å². The number of carboxylic acids is 3. The monoisotopic (exact) mass is 1140 g/mol. The number of aliphatic imine (C=N–C) groups is 1. The van der Waals surface area contributed by atoms with Crippen LogP contribution in [0.1, 0.15) is 69.4 Å². The Morgan fingerprint density at radius 2 is 1.20 bits per heavy atom. The molecule has 0 bridgehead atoms. The lowest BCUT2D eigenvalue weighted by Gasteiger charge is -2.32. The Kier molecular flexibility index (Phi) is 32.4. The van der Waals surface area contributed by atoms with Gasteiger partial charge in [0, 0.05) is 104 Å².